The largest absolute Gasteiger partial charge is 0.356 e. The van der Waals surface area contributed by atoms with E-state index in [-0.39, 0.29) is 0 Å². The number of hydrogen-bond acceptors (Lipinski definition) is 2. The Bertz CT molecular complexity index is 323. The Balaban J connectivity index is 2.91. The molecule has 2 nitrogen and oxygen atoms in total. The molecule has 0 aromatic carbocycles. The lowest BCUT2D eigenvalue weighted by Gasteiger charge is -2.25. The van der Waals surface area contributed by atoms with Crippen LogP contribution in [0.2, 0.25) is 0 Å². The summed E-state index contributed by atoms with van der Waals surface area (Å²) in [5.74, 6) is 1.71. The van der Waals surface area contributed by atoms with Crippen LogP contribution in [0.15, 0.2) is 16.7 Å². The predicted octanol–water partition coefficient (Wildman–Crippen LogP) is 3.63. The Labute approximate surface area is 101 Å². The Morgan fingerprint density at radius 2 is 2.13 bits per heavy atom. The second-order valence-corrected chi connectivity index (χ2v) is 5.10. The fraction of sp³-hybridized carbons (Fsp3) is 0.583. The lowest BCUT2D eigenvalue weighted by Crippen LogP contribution is -2.28. The molecule has 0 atom stereocenters. The molecule has 0 radical (unpaired) electrons. The van der Waals surface area contributed by atoms with Crippen molar-refractivity contribution in [3.63, 3.8) is 0 Å². The summed E-state index contributed by atoms with van der Waals surface area (Å²) in [5, 5.41) is 0. The van der Waals surface area contributed by atoms with E-state index >= 15 is 0 Å². The van der Waals surface area contributed by atoms with E-state index in [4.69, 9.17) is 0 Å². The molecule has 0 aliphatic carbocycles. The van der Waals surface area contributed by atoms with Crippen LogP contribution in [0.1, 0.15) is 26.3 Å². The fourth-order valence-electron chi connectivity index (χ4n) is 1.57. The Kier molecular flexibility index (Phi) is 4.58. The summed E-state index contributed by atoms with van der Waals surface area (Å²) in [6, 6.07) is 2.12. The molecule has 0 fully saturated rings. The van der Waals surface area contributed by atoms with Crippen molar-refractivity contribution < 1.29 is 0 Å². The molecule has 0 N–H and O–H groups in total. The van der Waals surface area contributed by atoms with Gasteiger partial charge in [0.2, 0.25) is 0 Å². The molecular formula is C12H19BrN2. The van der Waals surface area contributed by atoms with Crippen molar-refractivity contribution >= 4 is 21.7 Å². The minimum absolute atomic E-state index is 0.653. The number of hydrogen-bond donors (Lipinski definition) is 0. The van der Waals surface area contributed by atoms with E-state index in [9.17, 15) is 0 Å². The van der Waals surface area contributed by atoms with Gasteiger partial charge in [-0.1, -0.05) is 13.8 Å². The smallest absolute Gasteiger partial charge is 0.142 e. The number of pyridine rings is 1. The maximum atomic E-state index is 4.48. The second-order valence-electron chi connectivity index (χ2n) is 4.25. The van der Waals surface area contributed by atoms with Crippen molar-refractivity contribution in [2.75, 3.05) is 18.0 Å². The zero-order valence-electron chi connectivity index (χ0n) is 9.92. The summed E-state index contributed by atoms with van der Waals surface area (Å²) in [6.07, 6.45) is 1.92. The van der Waals surface area contributed by atoms with E-state index in [1.807, 2.05) is 6.20 Å². The highest BCUT2D eigenvalue weighted by Crippen LogP contribution is 2.24. The van der Waals surface area contributed by atoms with Crippen LogP contribution in [0, 0.1) is 12.8 Å². The molecule has 0 saturated carbocycles. The van der Waals surface area contributed by atoms with Gasteiger partial charge < -0.3 is 4.90 Å². The van der Waals surface area contributed by atoms with Crippen LogP contribution in [-0.4, -0.2) is 18.1 Å². The monoisotopic (exact) mass is 270 g/mol. The van der Waals surface area contributed by atoms with Crippen LogP contribution in [0.5, 0.6) is 0 Å². The number of nitrogens with zero attached hydrogens (tertiary/aromatic N) is 2. The first-order valence-electron chi connectivity index (χ1n) is 5.41. The van der Waals surface area contributed by atoms with Crippen molar-refractivity contribution in [3.8, 4) is 0 Å². The Morgan fingerprint density at radius 1 is 1.47 bits per heavy atom. The normalized spacial score (nSPS) is 10.8. The topological polar surface area (TPSA) is 16.1 Å². The molecular weight excluding hydrogens is 252 g/mol. The molecule has 0 bridgehead atoms. The number of rotatable bonds is 4. The van der Waals surface area contributed by atoms with Gasteiger partial charge in [-0.2, -0.15) is 0 Å². The Hall–Kier alpha value is -0.570. The molecule has 0 unspecified atom stereocenters. The van der Waals surface area contributed by atoms with Crippen LogP contribution in [0.3, 0.4) is 0 Å². The Morgan fingerprint density at radius 3 is 2.60 bits per heavy atom. The average molecular weight is 271 g/mol. The summed E-state index contributed by atoms with van der Waals surface area (Å²) in [6.45, 7) is 10.7. The molecule has 1 aromatic rings. The highest BCUT2D eigenvalue weighted by molar-refractivity contribution is 9.10. The first-order chi connectivity index (χ1) is 7.04. The van der Waals surface area contributed by atoms with Crippen molar-refractivity contribution in [1.82, 2.24) is 4.98 Å². The van der Waals surface area contributed by atoms with E-state index in [0.717, 1.165) is 23.4 Å². The van der Waals surface area contributed by atoms with Crippen molar-refractivity contribution in [1.29, 1.82) is 0 Å². The number of aromatic nitrogens is 1. The summed E-state index contributed by atoms with van der Waals surface area (Å²) >= 11 is 3.57. The SMILES string of the molecule is CCN(CC(C)C)c1ncc(C)cc1Br. The first-order valence-corrected chi connectivity index (χ1v) is 6.21. The molecule has 0 spiro atoms. The first kappa shape index (κ1) is 12.5. The summed E-state index contributed by atoms with van der Waals surface area (Å²) in [7, 11) is 0. The van der Waals surface area contributed by atoms with Crippen molar-refractivity contribution in [3.05, 3.63) is 22.3 Å². The predicted molar refractivity (Wildman–Crippen MR) is 69.4 cm³/mol. The second kappa shape index (κ2) is 5.50. The maximum absolute atomic E-state index is 4.48. The zero-order chi connectivity index (χ0) is 11.4. The van der Waals surface area contributed by atoms with Gasteiger partial charge in [0.25, 0.3) is 0 Å². The van der Waals surface area contributed by atoms with Gasteiger partial charge in [-0.3, -0.25) is 0 Å². The highest BCUT2D eigenvalue weighted by Gasteiger charge is 2.11. The van der Waals surface area contributed by atoms with Crippen LogP contribution >= 0.6 is 15.9 Å². The van der Waals surface area contributed by atoms with E-state index in [0.29, 0.717) is 5.92 Å². The summed E-state index contributed by atoms with van der Waals surface area (Å²) in [4.78, 5) is 6.78. The molecule has 84 valence electrons. The van der Waals surface area contributed by atoms with Crippen LogP contribution in [-0.2, 0) is 0 Å². The third-order valence-corrected chi connectivity index (χ3v) is 2.81. The zero-order valence-corrected chi connectivity index (χ0v) is 11.5. The van der Waals surface area contributed by atoms with E-state index < -0.39 is 0 Å². The lowest BCUT2D eigenvalue weighted by molar-refractivity contribution is 0.613. The maximum Gasteiger partial charge on any atom is 0.142 e. The van der Waals surface area contributed by atoms with Gasteiger partial charge in [-0.15, -0.1) is 0 Å². The van der Waals surface area contributed by atoms with E-state index in [1.54, 1.807) is 0 Å². The van der Waals surface area contributed by atoms with Gasteiger partial charge >= 0.3 is 0 Å². The molecule has 0 amide bonds. The highest BCUT2D eigenvalue weighted by atomic mass is 79.9. The number of halogens is 1. The molecule has 0 aliphatic rings. The third-order valence-electron chi connectivity index (χ3n) is 2.23. The molecule has 1 aromatic heterocycles. The quantitative estimate of drug-likeness (QED) is 0.831. The van der Waals surface area contributed by atoms with Gasteiger partial charge in [0.05, 0.1) is 4.47 Å². The summed E-state index contributed by atoms with van der Waals surface area (Å²) in [5.41, 5.74) is 1.19. The summed E-state index contributed by atoms with van der Waals surface area (Å²) < 4.78 is 1.09. The molecule has 3 heteroatoms. The van der Waals surface area contributed by atoms with Crippen molar-refractivity contribution in [2.24, 2.45) is 5.92 Å². The standard InChI is InChI=1S/C12H19BrN2/c1-5-15(8-9(2)3)12-11(13)6-10(4)7-14-12/h6-7,9H,5,8H2,1-4H3. The van der Waals surface area contributed by atoms with Gasteiger partial charge in [-0.25, -0.2) is 4.98 Å². The average Bonchev–Trinajstić information content (AvgIpc) is 2.14. The molecule has 15 heavy (non-hydrogen) atoms. The van der Waals surface area contributed by atoms with Gasteiger partial charge in [0.15, 0.2) is 0 Å². The van der Waals surface area contributed by atoms with Gasteiger partial charge in [0.1, 0.15) is 5.82 Å². The minimum atomic E-state index is 0.653. The molecule has 0 saturated heterocycles. The molecule has 0 aliphatic heterocycles. The van der Waals surface area contributed by atoms with Crippen LogP contribution < -0.4 is 4.90 Å². The van der Waals surface area contributed by atoms with Gasteiger partial charge in [0, 0.05) is 19.3 Å². The minimum Gasteiger partial charge on any atom is -0.356 e. The van der Waals surface area contributed by atoms with Crippen LogP contribution in [0.4, 0.5) is 5.82 Å². The lowest BCUT2D eigenvalue weighted by atomic mass is 10.2. The van der Waals surface area contributed by atoms with Crippen LogP contribution in [0.25, 0.3) is 0 Å². The van der Waals surface area contributed by atoms with Crippen molar-refractivity contribution in [2.45, 2.75) is 27.7 Å². The van der Waals surface area contributed by atoms with Gasteiger partial charge in [-0.05, 0) is 47.3 Å². The van der Waals surface area contributed by atoms with E-state index in [1.165, 1.54) is 5.56 Å². The van der Waals surface area contributed by atoms with E-state index in [2.05, 4.69) is 59.6 Å². The number of anilines is 1. The number of aryl methyl sites for hydroxylation is 1. The molecule has 1 rings (SSSR count). The fourth-order valence-corrected chi connectivity index (χ4v) is 2.28. The third kappa shape index (κ3) is 3.49. The molecule has 1 heterocycles.